The van der Waals surface area contributed by atoms with Crippen molar-refractivity contribution in [2.45, 2.75) is 70.6 Å². The van der Waals surface area contributed by atoms with Crippen LogP contribution in [0.5, 0.6) is 5.75 Å². The third-order valence-electron chi connectivity index (χ3n) is 8.59. The van der Waals surface area contributed by atoms with Gasteiger partial charge in [0.2, 0.25) is 0 Å². The van der Waals surface area contributed by atoms with Gasteiger partial charge in [-0.2, -0.15) is 0 Å². The second-order valence-electron chi connectivity index (χ2n) is 12.7. The number of imidazole rings is 1. The van der Waals surface area contributed by atoms with Crippen molar-refractivity contribution in [1.82, 2.24) is 14.5 Å². The minimum atomic E-state index is -1.22. The van der Waals surface area contributed by atoms with Gasteiger partial charge in [-0.25, -0.2) is 9.97 Å². The number of nitrogens with zero attached hydrogens (tertiary/aromatic N) is 4. The lowest BCUT2D eigenvalue weighted by atomic mass is 10.0. The molecule has 0 bridgehead atoms. The number of unbranched alkanes of at least 4 members (excludes halogenated alkanes) is 1. The van der Waals surface area contributed by atoms with Crippen LogP contribution in [0, 0.1) is 5.92 Å². The van der Waals surface area contributed by atoms with E-state index in [9.17, 15) is 9.00 Å². The van der Waals surface area contributed by atoms with Gasteiger partial charge in [0, 0.05) is 65.9 Å². The fourth-order valence-electron chi connectivity index (χ4n) is 5.79. The number of hydrogen-bond acceptors (Lipinski definition) is 7. The number of rotatable bonds is 17. The molecule has 1 amide bonds. The van der Waals surface area contributed by atoms with E-state index in [2.05, 4.69) is 42.0 Å². The van der Waals surface area contributed by atoms with Gasteiger partial charge in [-0.1, -0.05) is 39.3 Å². The summed E-state index contributed by atoms with van der Waals surface area (Å²) in [5.74, 6) is 2.46. The van der Waals surface area contributed by atoms with E-state index >= 15 is 0 Å². The molecule has 10 heteroatoms. The van der Waals surface area contributed by atoms with E-state index in [4.69, 9.17) is 14.5 Å². The van der Waals surface area contributed by atoms with E-state index in [1.807, 2.05) is 60.2 Å². The van der Waals surface area contributed by atoms with E-state index in [1.54, 1.807) is 24.7 Å². The number of aryl methyl sites for hydroxylation is 1. The maximum absolute atomic E-state index is 13.4. The van der Waals surface area contributed by atoms with E-state index in [-0.39, 0.29) is 5.91 Å². The van der Waals surface area contributed by atoms with Crippen molar-refractivity contribution in [2.75, 3.05) is 43.1 Å². The Morgan fingerprint density at radius 3 is 2.53 bits per heavy atom. The summed E-state index contributed by atoms with van der Waals surface area (Å²) in [4.78, 5) is 25.5. The normalized spacial score (nSPS) is 15.4. The smallest absolute Gasteiger partial charge is 0.251 e. The first-order valence-electron chi connectivity index (χ1n) is 17.4. The quantitative estimate of drug-likeness (QED) is 0.0898. The second-order valence-corrected chi connectivity index (χ2v) is 14.1. The number of pyridine rings is 1. The number of carbonyl (C=O) groups excluding carboxylic acids is 1. The van der Waals surface area contributed by atoms with Crippen LogP contribution in [0.25, 0.3) is 17.2 Å². The van der Waals surface area contributed by atoms with Crippen LogP contribution < -0.4 is 15.0 Å². The summed E-state index contributed by atoms with van der Waals surface area (Å²) in [6.07, 6.45) is 11.7. The van der Waals surface area contributed by atoms with Crippen molar-refractivity contribution in [2.24, 2.45) is 5.92 Å². The Labute approximate surface area is 293 Å². The molecule has 1 N–H and O–H groups in total. The van der Waals surface area contributed by atoms with E-state index < -0.39 is 10.8 Å². The molecule has 5 rings (SSSR count). The minimum absolute atomic E-state index is 0.205. The highest BCUT2D eigenvalue weighted by Gasteiger charge is 2.22. The first-order chi connectivity index (χ1) is 23.8. The van der Waals surface area contributed by atoms with Crippen LogP contribution in [0.4, 0.5) is 11.5 Å². The van der Waals surface area contributed by atoms with Gasteiger partial charge in [-0.15, -0.1) is 0 Å². The lowest BCUT2D eigenvalue weighted by Gasteiger charge is -2.20. The monoisotopic (exact) mass is 683 g/mol. The van der Waals surface area contributed by atoms with E-state index in [0.717, 1.165) is 85.9 Å². The number of ether oxygens (including phenoxy) is 2. The molecule has 0 aliphatic carbocycles. The van der Waals surface area contributed by atoms with Crippen molar-refractivity contribution in [3.8, 4) is 16.9 Å². The molecule has 260 valence electrons. The van der Waals surface area contributed by atoms with Crippen LogP contribution in [0.2, 0.25) is 0 Å². The maximum atomic E-state index is 13.4. The van der Waals surface area contributed by atoms with Crippen molar-refractivity contribution in [1.29, 1.82) is 0 Å². The molecule has 0 saturated carbocycles. The summed E-state index contributed by atoms with van der Waals surface area (Å²) in [6, 6.07) is 17.3. The van der Waals surface area contributed by atoms with Crippen molar-refractivity contribution < 1.29 is 18.5 Å². The van der Waals surface area contributed by atoms with Crippen LogP contribution in [0.15, 0.2) is 83.8 Å². The van der Waals surface area contributed by atoms with Crippen molar-refractivity contribution in [3.05, 3.63) is 90.1 Å². The number of aromatic nitrogens is 3. The minimum Gasteiger partial charge on any atom is -0.491 e. The van der Waals surface area contributed by atoms with Gasteiger partial charge >= 0.3 is 0 Å². The highest BCUT2D eigenvalue weighted by molar-refractivity contribution is 7.84. The number of amides is 1. The van der Waals surface area contributed by atoms with Crippen LogP contribution in [0.1, 0.15) is 64.6 Å². The third-order valence-corrected chi connectivity index (χ3v) is 9.95. The summed E-state index contributed by atoms with van der Waals surface area (Å²) < 4.78 is 26.6. The lowest BCUT2D eigenvalue weighted by Crippen LogP contribution is -2.21. The van der Waals surface area contributed by atoms with Gasteiger partial charge in [-0.3, -0.25) is 9.00 Å². The highest BCUT2D eigenvalue weighted by Crippen LogP contribution is 2.31. The fourth-order valence-corrected chi connectivity index (χ4v) is 6.90. The third kappa shape index (κ3) is 10.1. The molecule has 9 nitrogen and oxygen atoms in total. The Balaban J connectivity index is 1.27. The van der Waals surface area contributed by atoms with Crippen LogP contribution in [-0.2, 0) is 32.6 Å². The van der Waals surface area contributed by atoms with Crippen molar-refractivity contribution >= 4 is 34.3 Å². The topological polar surface area (TPSA) is 98.6 Å². The SMILES string of the molecule is CCCCOCCOc1ccc(-c2cnc(N3CCC(C)C3)c(/C=C(\C)C(=O)Nc3ccc([S@@](=O)Cc4cncn4CCC)cc3)c2)cc1. The average Bonchev–Trinajstić information content (AvgIpc) is 3.75. The molecule has 49 heavy (non-hydrogen) atoms. The number of nitrogens with one attached hydrogen (secondary N) is 1. The molecule has 2 aromatic carbocycles. The molecule has 4 aromatic rings. The predicted octanol–water partition coefficient (Wildman–Crippen LogP) is 7.75. The Bertz CT molecular complexity index is 1720. The Morgan fingerprint density at radius 2 is 1.82 bits per heavy atom. The molecule has 0 spiro atoms. The number of carbonyl (C=O) groups is 1. The standard InChI is InChI=1S/C39H49N5O4S/c1-5-7-19-47-20-21-48-36-12-8-31(9-13-36)33-23-32(38(41-24-33)43-18-16-29(3)26-43)22-30(4)39(45)42-34-10-14-37(15-11-34)49(46)27-35-25-40-28-44(35)17-6-2/h8-15,22-25,28-29H,5-7,16-21,26-27H2,1-4H3,(H,42,45)/b30-22+/t29?,49-/m0/s1. The molecule has 3 heterocycles. The lowest BCUT2D eigenvalue weighted by molar-refractivity contribution is -0.112. The Morgan fingerprint density at radius 1 is 1.02 bits per heavy atom. The van der Waals surface area contributed by atoms with Gasteiger partial charge in [0.25, 0.3) is 5.91 Å². The van der Waals surface area contributed by atoms with Crippen LogP contribution >= 0.6 is 0 Å². The summed E-state index contributed by atoms with van der Waals surface area (Å²) in [5, 5.41) is 3.00. The average molecular weight is 684 g/mol. The summed E-state index contributed by atoms with van der Waals surface area (Å²) in [7, 11) is -1.22. The summed E-state index contributed by atoms with van der Waals surface area (Å²) in [6.45, 7) is 12.9. The van der Waals surface area contributed by atoms with Crippen LogP contribution in [-0.4, -0.2) is 57.6 Å². The largest absolute Gasteiger partial charge is 0.491 e. The first-order valence-corrected chi connectivity index (χ1v) is 18.7. The molecule has 0 radical (unpaired) electrons. The molecule has 1 fully saturated rings. The Kier molecular flexibility index (Phi) is 13.2. The van der Waals surface area contributed by atoms with Gasteiger partial charge < -0.3 is 24.3 Å². The zero-order valence-electron chi connectivity index (χ0n) is 29.2. The molecular weight excluding hydrogens is 635 g/mol. The van der Waals surface area contributed by atoms with Crippen molar-refractivity contribution in [3.63, 3.8) is 0 Å². The summed E-state index contributed by atoms with van der Waals surface area (Å²) in [5.41, 5.74) is 5.04. The second kappa shape index (κ2) is 17.9. The molecule has 1 aliphatic rings. The predicted molar refractivity (Wildman–Crippen MR) is 198 cm³/mol. The highest BCUT2D eigenvalue weighted by atomic mass is 32.2. The van der Waals surface area contributed by atoms with Crippen LogP contribution in [0.3, 0.4) is 0 Å². The molecule has 1 saturated heterocycles. The zero-order valence-corrected chi connectivity index (χ0v) is 30.0. The van der Waals surface area contributed by atoms with E-state index in [1.165, 1.54) is 0 Å². The van der Waals surface area contributed by atoms with Gasteiger partial charge in [0.05, 0.1) is 35.2 Å². The number of hydrogen-bond donors (Lipinski definition) is 1. The molecule has 2 aromatic heterocycles. The Hall–Kier alpha value is -4.28. The fraction of sp³-hybridized carbons (Fsp3) is 0.410. The number of benzene rings is 2. The molecule has 1 aliphatic heterocycles. The van der Waals surface area contributed by atoms with E-state index in [0.29, 0.717) is 41.0 Å². The first kappa shape index (κ1) is 36.0. The van der Waals surface area contributed by atoms with Gasteiger partial charge in [0.1, 0.15) is 18.2 Å². The zero-order chi connectivity index (χ0) is 34.6. The van der Waals surface area contributed by atoms with Gasteiger partial charge in [0.15, 0.2) is 0 Å². The molecule has 2 atom stereocenters. The maximum Gasteiger partial charge on any atom is 0.251 e. The van der Waals surface area contributed by atoms with Gasteiger partial charge in [-0.05, 0) is 86.2 Å². The summed E-state index contributed by atoms with van der Waals surface area (Å²) >= 11 is 0. The molecular formula is C39H49N5O4S. The number of anilines is 2. The molecule has 1 unspecified atom stereocenters.